The van der Waals surface area contributed by atoms with Gasteiger partial charge in [0.15, 0.2) is 0 Å². The predicted molar refractivity (Wildman–Crippen MR) is 99.0 cm³/mol. The average Bonchev–Trinajstić information content (AvgIpc) is 2.54. The van der Waals surface area contributed by atoms with E-state index >= 15 is 0 Å². The third-order valence-corrected chi connectivity index (χ3v) is 4.13. The lowest BCUT2D eigenvalue weighted by Gasteiger charge is -2.33. The standard InChI is InChI=1S/C17H31N5O4/c1-6-17(5,11(2)3)22-15(25)13(8-7-9-19-16(18)26)21-14(24)10-20-12(4)23/h6,11,13H,1,7-10H2,2-5H3,(H,20,23)(H,21,24)(H,22,25)(H3,18,19,26)/t13-,17-/m0/s1. The van der Waals surface area contributed by atoms with E-state index in [1.807, 2.05) is 20.8 Å². The van der Waals surface area contributed by atoms with Crippen molar-refractivity contribution in [2.75, 3.05) is 13.1 Å². The first-order valence-electron chi connectivity index (χ1n) is 8.54. The Morgan fingerprint density at radius 3 is 2.27 bits per heavy atom. The van der Waals surface area contributed by atoms with Gasteiger partial charge in [-0.2, -0.15) is 0 Å². The van der Waals surface area contributed by atoms with Crippen molar-refractivity contribution in [2.24, 2.45) is 11.7 Å². The molecule has 0 heterocycles. The van der Waals surface area contributed by atoms with Gasteiger partial charge in [-0.05, 0) is 25.7 Å². The zero-order valence-electron chi connectivity index (χ0n) is 16.0. The van der Waals surface area contributed by atoms with Crippen LogP contribution in [0.4, 0.5) is 4.79 Å². The zero-order valence-corrected chi connectivity index (χ0v) is 16.0. The molecule has 5 amide bonds. The van der Waals surface area contributed by atoms with E-state index in [4.69, 9.17) is 5.73 Å². The Balaban J connectivity index is 4.95. The molecule has 0 saturated carbocycles. The molecule has 0 aromatic rings. The molecule has 0 fully saturated rings. The molecule has 9 heteroatoms. The molecule has 0 aliphatic carbocycles. The topological polar surface area (TPSA) is 142 Å². The van der Waals surface area contributed by atoms with E-state index in [-0.39, 0.29) is 30.8 Å². The summed E-state index contributed by atoms with van der Waals surface area (Å²) in [6, 6.07) is -1.47. The summed E-state index contributed by atoms with van der Waals surface area (Å²) in [5.41, 5.74) is 4.37. The zero-order chi connectivity index (χ0) is 20.3. The Labute approximate surface area is 154 Å². The Kier molecular flexibility index (Phi) is 10.0. The Morgan fingerprint density at radius 1 is 1.19 bits per heavy atom. The van der Waals surface area contributed by atoms with Gasteiger partial charge in [0, 0.05) is 13.5 Å². The highest BCUT2D eigenvalue weighted by Crippen LogP contribution is 2.18. The third-order valence-electron chi connectivity index (χ3n) is 4.13. The Bertz CT molecular complexity index is 535. The van der Waals surface area contributed by atoms with E-state index < -0.39 is 23.5 Å². The van der Waals surface area contributed by atoms with Gasteiger partial charge in [0.2, 0.25) is 17.7 Å². The van der Waals surface area contributed by atoms with Gasteiger partial charge in [0.25, 0.3) is 0 Å². The summed E-state index contributed by atoms with van der Waals surface area (Å²) in [6.45, 7) is 10.9. The van der Waals surface area contributed by atoms with Crippen LogP contribution >= 0.6 is 0 Å². The first-order chi connectivity index (χ1) is 12.0. The summed E-state index contributed by atoms with van der Waals surface area (Å²) in [5, 5.41) is 10.3. The molecule has 0 spiro atoms. The summed E-state index contributed by atoms with van der Waals surface area (Å²) in [7, 11) is 0. The predicted octanol–water partition coefficient (Wildman–Crippen LogP) is -0.227. The lowest BCUT2D eigenvalue weighted by Crippen LogP contribution is -2.56. The van der Waals surface area contributed by atoms with Crippen LogP contribution in [-0.2, 0) is 14.4 Å². The number of carbonyl (C=O) groups excluding carboxylic acids is 4. The number of nitrogens with one attached hydrogen (secondary N) is 4. The van der Waals surface area contributed by atoms with E-state index in [0.717, 1.165) is 0 Å². The van der Waals surface area contributed by atoms with Crippen LogP contribution in [0, 0.1) is 5.92 Å². The highest BCUT2D eigenvalue weighted by atomic mass is 16.2. The molecule has 0 bridgehead atoms. The molecule has 0 radical (unpaired) electrons. The van der Waals surface area contributed by atoms with E-state index in [0.29, 0.717) is 12.8 Å². The van der Waals surface area contributed by atoms with Crippen molar-refractivity contribution in [3.8, 4) is 0 Å². The monoisotopic (exact) mass is 369 g/mol. The van der Waals surface area contributed by atoms with Gasteiger partial charge < -0.3 is 27.0 Å². The van der Waals surface area contributed by atoms with Crippen LogP contribution < -0.4 is 27.0 Å². The number of carbonyl (C=O) groups is 4. The van der Waals surface area contributed by atoms with Crippen LogP contribution in [0.1, 0.15) is 40.5 Å². The number of rotatable bonds is 11. The van der Waals surface area contributed by atoms with Gasteiger partial charge in [-0.1, -0.05) is 19.9 Å². The molecule has 6 N–H and O–H groups in total. The minimum Gasteiger partial charge on any atom is -0.352 e. The highest BCUT2D eigenvalue weighted by Gasteiger charge is 2.30. The number of amides is 5. The van der Waals surface area contributed by atoms with E-state index in [1.165, 1.54) is 6.92 Å². The molecule has 2 atom stereocenters. The largest absolute Gasteiger partial charge is 0.352 e. The van der Waals surface area contributed by atoms with Crippen molar-refractivity contribution < 1.29 is 19.2 Å². The number of nitrogens with two attached hydrogens (primary N) is 1. The van der Waals surface area contributed by atoms with Crippen LogP contribution in [0.15, 0.2) is 12.7 Å². The molecule has 0 aliphatic rings. The van der Waals surface area contributed by atoms with Crippen LogP contribution in [-0.4, -0.2) is 48.4 Å². The van der Waals surface area contributed by atoms with Crippen LogP contribution in [0.5, 0.6) is 0 Å². The minimum atomic E-state index is -0.816. The molecular formula is C17H31N5O4. The second-order valence-electron chi connectivity index (χ2n) is 6.59. The smallest absolute Gasteiger partial charge is 0.312 e. The number of primary amides is 1. The quantitative estimate of drug-likeness (QED) is 0.253. The van der Waals surface area contributed by atoms with Crippen molar-refractivity contribution in [1.82, 2.24) is 21.3 Å². The van der Waals surface area contributed by atoms with Gasteiger partial charge >= 0.3 is 6.03 Å². The van der Waals surface area contributed by atoms with E-state index in [9.17, 15) is 19.2 Å². The van der Waals surface area contributed by atoms with Crippen molar-refractivity contribution in [3.05, 3.63) is 12.7 Å². The maximum atomic E-state index is 12.7. The minimum absolute atomic E-state index is 0.0937. The molecule has 9 nitrogen and oxygen atoms in total. The van der Waals surface area contributed by atoms with Crippen molar-refractivity contribution in [3.63, 3.8) is 0 Å². The van der Waals surface area contributed by atoms with Gasteiger partial charge in [-0.3, -0.25) is 14.4 Å². The van der Waals surface area contributed by atoms with Crippen LogP contribution in [0.3, 0.4) is 0 Å². The molecule has 0 aromatic heterocycles. The van der Waals surface area contributed by atoms with Crippen molar-refractivity contribution in [2.45, 2.75) is 52.1 Å². The number of urea groups is 1. The molecule has 0 aliphatic heterocycles. The van der Waals surface area contributed by atoms with Gasteiger partial charge in [0.05, 0.1) is 12.1 Å². The fourth-order valence-electron chi connectivity index (χ4n) is 2.02. The SMILES string of the molecule is C=C[C@](C)(NC(=O)[C@H](CCCNC(N)=O)NC(=O)CNC(C)=O)C(C)C. The van der Waals surface area contributed by atoms with Gasteiger partial charge in [-0.25, -0.2) is 4.79 Å². The summed E-state index contributed by atoms with van der Waals surface area (Å²) >= 11 is 0. The molecular weight excluding hydrogens is 338 g/mol. The molecule has 0 rings (SSSR count). The van der Waals surface area contributed by atoms with Crippen LogP contribution in [0.25, 0.3) is 0 Å². The first kappa shape index (κ1) is 23.4. The third kappa shape index (κ3) is 9.05. The normalized spacial score (nSPS) is 13.9. The lowest BCUT2D eigenvalue weighted by atomic mass is 9.88. The number of hydrogen-bond acceptors (Lipinski definition) is 4. The summed E-state index contributed by atoms with van der Waals surface area (Å²) in [4.78, 5) is 46.2. The van der Waals surface area contributed by atoms with Crippen molar-refractivity contribution >= 4 is 23.8 Å². The summed E-state index contributed by atoms with van der Waals surface area (Å²) in [5.74, 6) is -1.09. The average molecular weight is 369 g/mol. The maximum absolute atomic E-state index is 12.7. The highest BCUT2D eigenvalue weighted by molar-refractivity contribution is 5.90. The van der Waals surface area contributed by atoms with Gasteiger partial charge in [0.1, 0.15) is 6.04 Å². The number of hydrogen-bond donors (Lipinski definition) is 5. The molecule has 0 saturated heterocycles. The molecule has 148 valence electrons. The first-order valence-corrected chi connectivity index (χ1v) is 8.54. The van der Waals surface area contributed by atoms with E-state index in [2.05, 4.69) is 27.8 Å². The molecule has 0 unspecified atom stereocenters. The Morgan fingerprint density at radius 2 is 1.81 bits per heavy atom. The Hall–Kier alpha value is -2.58. The summed E-state index contributed by atoms with van der Waals surface area (Å²) < 4.78 is 0. The summed E-state index contributed by atoms with van der Waals surface area (Å²) in [6.07, 6.45) is 2.39. The van der Waals surface area contributed by atoms with Gasteiger partial charge in [-0.15, -0.1) is 6.58 Å². The molecule has 26 heavy (non-hydrogen) atoms. The second-order valence-corrected chi connectivity index (χ2v) is 6.59. The molecule has 0 aromatic carbocycles. The lowest BCUT2D eigenvalue weighted by molar-refractivity contribution is -0.130. The van der Waals surface area contributed by atoms with Crippen molar-refractivity contribution in [1.29, 1.82) is 0 Å². The fraction of sp³-hybridized carbons (Fsp3) is 0.647. The van der Waals surface area contributed by atoms with Crippen LogP contribution in [0.2, 0.25) is 0 Å². The second kappa shape index (κ2) is 11.1. The fourth-order valence-corrected chi connectivity index (χ4v) is 2.02. The maximum Gasteiger partial charge on any atom is 0.312 e. The van der Waals surface area contributed by atoms with E-state index in [1.54, 1.807) is 6.08 Å².